The van der Waals surface area contributed by atoms with Crippen LogP contribution in [0.5, 0.6) is 11.5 Å². The standard InChI is InChI=1S/C23H28N6O/c1-16-8-6-10-19(14-16)30-21-12-5-4-9-18(21)15-25-23(24-3)27-20-11-7-13-29-22(20)26-17(2)28-29/h4-6,8-10,12,14,20H,7,11,13,15H2,1-3H3,(H2,24,25,27). The third-order valence-corrected chi connectivity index (χ3v) is 5.15. The van der Waals surface area contributed by atoms with Crippen molar-refractivity contribution in [1.82, 2.24) is 25.4 Å². The summed E-state index contributed by atoms with van der Waals surface area (Å²) in [6.07, 6.45) is 2.07. The minimum atomic E-state index is 0.102. The Morgan fingerprint density at radius 1 is 1.20 bits per heavy atom. The molecule has 1 aliphatic heterocycles. The maximum absolute atomic E-state index is 6.13. The summed E-state index contributed by atoms with van der Waals surface area (Å²) in [5.41, 5.74) is 2.23. The fraction of sp³-hybridized carbons (Fsp3) is 0.348. The lowest BCUT2D eigenvalue weighted by atomic mass is 10.1. The second-order valence-electron chi connectivity index (χ2n) is 7.53. The molecular weight excluding hydrogens is 376 g/mol. The number of benzene rings is 2. The largest absolute Gasteiger partial charge is 0.457 e. The van der Waals surface area contributed by atoms with Gasteiger partial charge in [0.15, 0.2) is 5.96 Å². The average molecular weight is 405 g/mol. The van der Waals surface area contributed by atoms with Gasteiger partial charge in [-0.2, -0.15) is 5.10 Å². The van der Waals surface area contributed by atoms with E-state index in [9.17, 15) is 0 Å². The highest BCUT2D eigenvalue weighted by Gasteiger charge is 2.24. The highest BCUT2D eigenvalue weighted by molar-refractivity contribution is 5.80. The molecule has 1 unspecified atom stereocenters. The lowest BCUT2D eigenvalue weighted by molar-refractivity contribution is 0.397. The van der Waals surface area contributed by atoms with Crippen LogP contribution in [0.25, 0.3) is 0 Å². The summed E-state index contributed by atoms with van der Waals surface area (Å²) in [5, 5.41) is 11.4. The van der Waals surface area contributed by atoms with E-state index in [1.54, 1.807) is 7.05 Å². The SMILES string of the molecule is CN=C(NCc1ccccc1Oc1cccc(C)c1)NC1CCCn2nc(C)nc21. The molecule has 30 heavy (non-hydrogen) atoms. The highest BCUT2D eigenvalue weighted by atomic mass is 16.5. The van der Waals surface area contributed by atoms with E-state index in [0.717, 1.165) is 54.1 Å². The van der Waals surface area contributed by atoms with Crippen LogP contribution < -0.4 is 15.4 Å². The predicted octanol–water partition coefficient (Wildman–Crippen LogP) is 3.89. The topological polar surface area (TPSA) is 76.4 Å². The Morgan fingerprint density at radius 3 is 2.90 bits per heavy atom. The van der Waals surface area contributed by atoms with Gasteiger partial charge >= 0.3 is 0 Å². The van der Waals surface area contributed by atoms with Gasteiger partial charge in [-0.1, -0.05) is 30.3 Å². The van der Waals surface area contributed by atoms with Crippen molar-refractivity contribution in [2.75, 3.05) is 7.05 Å². The number of para-hydroxylation sites is 1. The second kappa shape index (κ2) is 8.98. The molecule has 4 rings (SSSR count). The van der Waals surface area contributed by atoms with Gasteiger partial charge in [0.2, 0.25) is 0 Å². The van der Waals surface area contributed by atoms with Crippen molar-refractivity contribution in [3.8, 4) is 11.5 Å². The fourth-order valence-electron chi connectivity index (χ4n) is 3.70. The van der Waals surface area contributed by atoms with Crippen LogP contribution >= 0.6 is 0 Å². The fourth-order valence-corrected chi connectivity index (χ4v) is 3.70. The molecule has 1 atom stereocenters. The van der Waals surface area contributed by atoms with Crippen molar-refractivity contribution < 1.29 is 4.74 Å². The molecule has 7 nitrogen and oxygen atoms in total. The number of aryl methyl sites for hydroxylation is 3. The highest BCUT2D eigenvalue weighted by Crippen LogP contribution is 2.26. The molecule has 1 aromatic heterocycles. The number of nitrogens with one attached hydrogen (secondary N) is 2. The van der Waals surface area contributed by atoms with E-state index in [1.165, 1.54) is 5.56 Å². The molecule has 0 spiro atoms. The Kier molecular flexibility index (Phi) is 5.97. The number of aliphatic imine (C=N–C) groups is 1. The van der Waals surface area contributed by atoms with Crippen molar-refractivity contribution in [3.63, 3.8) is 0 Å². The lowest BCUT2D eigenvalue weighted by Gasteiger charge is -2.25. The van der Waals surface area contributed by atoms with E-state index < -0.39 is 0 Å². The van der Waals surface area contributed by atoms with Gasteiger partial charge in [-0.3, -0.25) is 4.99 Å². The van der Waals surface area contributed by atoms with Crippen LogP contribution in [-0.4, -0.2) is 27.8 Å². The number of ether oxygens (including phenoxy) is 1. The van der Waals surface area contributed by atoms with E-state index in [1.807, 2.05) is 48.0 Å². The molecule has 0 saturated carbocycles. The van der Waals surface area contributed by atoms with Crippen LogP contribution in [0.15, 0.2) is 53.5 Å². The first kappa shape index (κ1) is 19.9. The number of nitrogens with zero attached hydrogens (tertiary/aromatic N) is 4. The number of guanidine groups is 1. The Labute approximate surface area is 177 Å². The molecule has 0 radical (unpaired) electrons. The van der Waals surface area contributed by atoms with E-state index >= 15 is 0 Å². The summed E-state index contributed by atoms with van der Waals surface area (Å²) in [7, 11) is 1.78. The number of aromatic nitrogens is 3. The summed E-state index contributed by atoms with van der Waals surface area (Å²) in [6.45, 7) is 5.51. The zero-order valence-electron chi connectivity index (χ0n) is 17.7. The van der Waals surface area contributed by atoms with Crippen LogP contribution in [0.2, 0.25) is 0 Å². The van der Waals surface area contributed by atoms with Crippen LogP contribution in [0.1, 0.15) is 41.7 Å². The zero-order valence-corrected chi connectivity index (χ0v) is 17.7. The molecule has 0 saturated heterocycles. The number of rotatable bonds is 5. The van der Waals surface area contributed by atoms with Crippen LogP contribution in [-0.2, 0) is 13.1 Å². The second-order valence-corrected chi connectivity index (χ2v) is 7.53. The smallest absolute Gasteiger partial charge is 0.191 e. The molecule has 1 aliphatic rings. The molecule has 3 aromatic rings. The zero-order chi connectivity index (χ0) is 20.9. The van der Waals surface area contributed by atoms with E-state index in [4.69, 9.17) is 4.74 Å². The van der Waals surface area contributed by atoms with Crippen LogP contribution in [0.3, 0.4) is 0 Å². The number of hydrogen-bond acceptors (Lipinski definition) is 4. The quantitative estimate of drug-likeness (QED) is 0.498. The van der Waals surface area contributed by atoms with Crippen molar-refractivity contribution in [2.24, 2.45) is 4.99 Å². The van der Waals surface area contributed by atoms with Gasteiger partial charge in [0.25, 0.3) is 0 Å². The maximum atomic E-state index is 6.13. The van der Waals surface area contributed by atoms with Gasteiger partial charge in [0.1, 0.15) is 23.1 Å². The first-order chi connectivity index (χ1) is 14.6. The minimum Gasteiger partial charge on any atom is -0.457 e. The minimum absolute atomic E-state index is 0.102. The van der Waals surface area contributed by atoms with Gasteiger partial charge in [-0.05, 0) is 50.5 Å². The van der Waals surface area contributed by atoms with Gasteiger partial charge in [0.05, 0.1) is 6.04 Å². The molecule has 0 aliphatic carbocycles. The number of fused-ring (bicyclic) bond motifs is 1. The van der Waals surface area contributed by atoms with Gasteiger partial charge in [-0.15, -0.1) is 0 Å². The van der Waals surface area contributed by atoms with Crippen LogP contribution in [0, 0.1) is 13.8 Å². The molecule has 7 heteroatoms. The monoisotopic (exact) mass is 404 g/mol. The van der Waals surface area contributed by atoms with E-state index in [2.05, 4.69) is 44.8 Å². The first-order valence-corrected chi connectivity index (χ1v) is 10.3. The Morgan fingerprint density at radius 2 is 2.07 bits per heavy atom. The predicted molar refractivity (Wildman–Crippen MR) is 118 cm³/mol. The summed E-state index contributed by atoms with van der Waals surface area (Å²) < 4.78 is 8.13. The normalized spacial score (nSPS) is 16.1. The molecule has 2 heterocycles. The first-order valence-electron chi connectivity index (χ1n) is 10.3. The summed E-state index contributed by atoms with van der Waals surface area (Å²) in [6, 6.07) is 16.2. The lowest BCUT2D eigenvalue weighted by Crippen LogP contribution is -2.41. The van der Waals surface area contributed by atoms with Gasteiger partial charge in [-0.25, -0.2) is 9.67 Å². The van der Waals surface area contributed by atoms with Crippen molar-refractivity contribution in [1.29, 1.82) is 0 Å². The van der Waals surface area contributed by atoms with Gasteiger partial charge < -0.3 is 15.4 Å². The van der Waals surface area contributed by atoms with Crippen molar-refractivity contribution in [2.45, 2.75) is 45.8 Å². The third kappa shape index (κ3) is 4.62. The summed E-state index contributed by atoms with van der Waals surface area (Å²) in [5.74, 6) is 4.19. The Bertz CT molecular complexity index is 1040. The molecule has 0 fully saturated rings. The number of hydrogen-bond donors (Lipinski definition) is 2. The summed E-state index contributed by atoms with van der Waals surface area (Å²) >= 11 is 0. The molecule has 156 valence electrons. The molecule has 2 aromatic carbocycles. The Balaban J connectivity index is 1.43. The van der Waals surface area contributed by atoms with E-state index in [0.29, 0.717) is 6.54 Å². The van der Waals surface area contributed by atoms with Crippen molar-refractivity contribution >= 4 is 5.96 Å². The molecule has 2 N–H and O–H groups in total. The maximum Gasteiger partial charge on any atom is 0.191 e. The Hall–Kier alpha value is -3.35. The van der Waals surface area contributed by atoms with Gasteiger partial charge in [0, 0.05) is 25.7 Å². The van der Waals surface area contributed by atoms with E-state index in [-0.39, 0.29) is 6.04 Å². The molecule has 0 amide bonds. The molecule has 0 bridgehead atoms. The van der Waals surface area contributed by atoms with Crippen molar-refractivity contribution in [3.05, 3.63) is 71.3 Å². The molecular formula is C23H28N6O. The summed E-state index contributed by atoms with van der Waals surface area (Å²) in [4.78, 5) is 8.99. The average Bonchev–Trinajstić information content (AvgIpc) is 3.13. The van der Waals surface area contributed by atoms with Crippen LogP contribution in [0.4, 0.5) is 0 Å². The third-order valence-electron chi connectivity index (χ3n) is 5.15.